The Labute approximate surface area is 155 Å². The standard InChI is InChI=1S/C18H32N4O4/c1-19(2)15-4-9-20(12-15)7-3-8-22-14-18(26-17(22)25)5-10-21(11-6-18)16(24)13-23/h15,23H,3-14H2,1-2H3. The van der Waals surface area contributed by atoms with E-state index in [1.807, 2.05) is 4.90 Å². The first kappa shape index (κ1) is 19.4. The molecule has 0 aliphatic carbocycles. The Morgan fingerprint density at radius 1 is 1.27 bits per heavy atom. The fraction of sp³-hybridized carbons (Fsp3) is 0.889. The van der Waals surface area contributed by atoms with Crippen molar-refractivity contribution in [2.75, 3.05) is 66.5 Å². The molecule has 8 nitrogen and oxygen atoms in total. The summed E-state index contributed by atoms with van der Waals surface area (Å²) < 4.78 is 5.70. The van der Waals surface area contributed by atoms with Gasteiger partial charge in [-0.15, -0.1) is 0 Å². The van der Waals surface area contributed by atoms with Crippen molar-refractivity contribution >= 4 is 12.0 Å². The van der Waals surface area contributed by atoms with Crippen LogP contribution in [0.5, 0.6) is 0 Å². The molecule has 3 heterocycles. The van der Waals surface area contributed by atoms with E-state index in [1.54, 1.807) is 4.90 Å². The van der Waals surface area contributed by atoms with Crippen LogP contribution in [-0.2, 0) is 9.53 Å². The maximum Gasteiger partial charge on any atom is 0.410 e. The molecule has 3 saturated heterocycles. The van der Waals surface area contributed by atoms with Crippen LogP contribution in [0.4, 0.5) is 4.79 Å². The van der Waals surface area contributed by atoms with Crippen LogP contribution >= 0.6 is 0 Å². The number of aliphatic hydroxyl groups excluding tert-OH is 1. The minimum absolute atomic E-state index is 0.223. The number of piperidine rings is 1. The Balaban J connectivity index is 1.41. The number of likely N-dealkylation sites (tertiary alicyclic amines) is 2. The number of aliphatic hydroxyl groups is 1. The topological polar surface area (TPSA) is 76.6 Å². The van der Waals surface area contributed by atoms with Gasteiger partial charge < -0.3 is 29.4 Å². The summed E-state index contributed by atoms with van der Waals surface area (Å²) in [5.74, 6) is -0.248. The molecule has 0 bridgehead atoms. The SMILES string of the molecule is CN(C)C1CCN(CCCN2CC3(CCN(C(=O)CO)CC3)OC2=O)C1. The van der Waals surface area contributed by atoms with Crippen molar-refractivity contribution in [3.05, 3.63) is 0 Å². The zero-order valence-electron chi connectivity index (χ0n) is 16.0. The molecule has 2 amide bonds. The van der Waals surface area contributed by atoms with E-state index < -0.39 is 12.2 Å². The maximum absolute atomic E-state index is 12.3. The number of likely N-dealkylation sites (N-methyl/N-ethyl adjacent to an activating group) is 1. The Kier molecular flexibility index (Phi) is 6.04. The Hall–Kier alpha value is -1.38. The number of rotatable bonds is 6. The van der Waals surface area contributed by atoms with Crippen molar-refractivity contribution in [1.82, 2.24) is 19.6 Å². The van der Waals surface area contributed by atoms with E-state index in [4.69, 9.17) is 9.84 Å². The summed E-state index contributed by atoms with van der Waals surface area (Å²) in [5, 5.41) is 8.97. The van der Waals surface area contributed by atoms with E-state index >= 15 is 0 Å². The lowest BCUT2D eigenvalue weighted by molar-refractivity contribution is -0.137. The van der Waals surface area contributed by atoms with E-state index in [0.717, 1.165) is 32.6 Å². The van der Waals surface area contributed by atoms with Crippen LogP contribution in [0.3, 0.4) is 0 Å². The highest BCUT2D eigenvalue weighted by molar-refractivity contribution is 5.77. The molecule has 3 aliphatic heterocycles. The first-order chi connectivity index (χ1) is 12.4. The molecule has 0 saturated carbocycles. The number of ether oxygens (including phenoxy) is 1. The maximum atomic E-state index is 12.3. The van der Waals surface area contributed by atoms with Crippen LogP contribution in [0.25, 0.3) is 0 Å². The van der Waals surface area contributed by atoms with Gasteiger partial charge in [-0.2, -0.15) is 0 Å². The number of amides is 2. The molecule has 0 aromatic heterocycles. The zero-order valence-corrected chi connectivity index (χ0v) is 16.0. The van der Waals surface area contributed by atoms with Gasteiger partial charge in [0.05, 0.1) is 6.54 Å². The average Bonchev–Trinajstić information content (AvgIpc) is 3.21. The van der Waals surface area contributed by atoms with Crippen molar-refractivity contribution in [3.63, 3.8) is 0 Å². The average molecular weight is 368 g/mol. The largest absolute Gasteiger partial charge is 0.441 e. The van der Waals surface area contributed by atoms with E-state index in [-0.39, 0.29) is 12.0 Å². The third-order valence-corrected chi connectivity index (χ3v) is 6.08. The van der Waals surface area contributed by atoms with Gasteiger partial charge in [-0.1, -0.05) is 0 Å². The molecular formula is C18H32N4O4. The van der Waals surface area contributed by atoms with Gasteiger partial charge in [0, 0.05) is 45.1 Å². The molecule has 0 aromatic rings. The Bertz CT molecular complexity index is 519. The molecule has 26 heavy (non-hydrogen) atoms. The Morgan fingerprint density at radius 3 is 2.62 bits per heavy atom. The molecule has 0 radical (unpaired) electrons. The number of hydrogen-bond acceptors (Lipinski definition) is 6. The monoisotopic (exact) mass is 368 g/mol. The van der Waals surface area contributed by atoms with Gasteiger partial charge >= 0.3 is 6.09 Å². The van der Waals surface area contributed by atoms with E-state index in [9.17, 15) is 9.59 Å². The van der Waals surface area contributed by atoms with Gasteiger partial charge in [0.1, 0.15) is 12.2 Å². The molecular weight excluding hydrogens is 336 g/mol. The number of hydrogen-bond donors (Lipinski definition) is 1. The second kappa shape index (κ2) is 8.10. The minimum atomic E-state index is -0.454. The highest BCUT2D eigenvalue weighted by Crippen LogP contribution is 2.33. The van der Waals surface area contributed by atoms with Gasteiger partial charge in [0.15, 0.2) is 0 Å². The number of carbonyl (C=O) groups is 2. The van der Waals surface area contributed by atoms with Crippen LogP contribution in [-0.4, -0.2) is 115 Å². The van der Waals surface area contributed by atoms with E-state index in [2.05, 4.69) is 23.9 Å². The van der Waals surface area contributed by atoms with Crippen molar-refractivity contribution in [1.29, 1.82) is 0 Å². The molecule has 1 atom stereocenters. The second-order valence-electron chi connectivity index (χ2n) is 8.07. The fourth-order valence-corrected chi connectivity index (χ4v) is 4.31. The van der Waals surface area contributed by atoms with Crippen LogP contribution in [0.2, 0.25) is 0 Å². The molecule has 8 heteroatoms. The van der Waals surface area contributed by atoms with Crippen LogP contribution in [0.15, 0.2) is 0 Å². The summed E-state index contributed by atoms with van der Waals surface area (Å²) in [5.41, 5.74) is -0.451. The second-order valence-corrected chi connectivity index (χ2v) is 8.07. The van der Waals surface area contributed by atoms with Crippen molar-refractivity contribution in [2.24, 2.45) is 0 Å². The molecule has 1 N–H and O–H groups in total. The summed E-state index contributed by atoms with van der Waals surface area (Å²) in [6, 6.07) is 0.641. The van der Waals surface area contributed by atoms with Crippen LogP contribution in [0.1, 0.15) is 25.7 Å². The van der Waals surface area contributed by atoms with E-state index in [1.165, 1.54) is 6.42 Å². The van der Waals surface area contributed by atoms with Gasteiger partial charge in [-0.25, -0.2) is 4.79 Å². The van der Waals surface area contributed by atoms with E-state index in [0.29, 0.717) is 38.5 Å². The van der Waals surface area contributed by atoms with Crippen LogP contribution in [0, 0.1) is 0 Å². The quantitative estimate of drug-likeness (QED) is 0.701. The Morgan fingerprint density at radius 2 is 2.00 bits per heavy atom. The third kappa shape index (κ3) is 4.29. The van der Waals surface area contributed by atoms with Gasteiger partial charge in [-0.3, -0.25) is 4.79 Å². The van der Waals surface area contributed by atoms with Gasteiger partial charge in [-0.05, 0) is 40.0 Å². The fourth-order valence-electron chi connectivity index (χ4n) is 4.31. The molecule has 3 rings (SSSR count). The predicted molar refractivity (Wildman–Crippen MR) is 96.8 cm³/mol. The van der Waals surface area contributed by atoms with Crippen LogP contribution < -0.4 is 0 Å². The number of nitrogens with zero attached hydrogens (tertiary/aromatic N) is 4. The highest BCUT2D eigenvalue weighted by atomic mass is 16.6. The highest BCUT2D eigenvalue weighted by Gasteiger charge is 2.47. The first-order valence-electron chi connectivity index (χ1n) is 9.68. The molecule has 3 fully saturated rings. The minimum Gasteiger partial charge on any atom is -0.441 e. The molecule has 3 aliphatic rings. The lowest BCUT2D eigenvalue weighted by Crippen LogP contribution is -2.49. The van der Waals surface area contributed by atoms with Crippen molar-refractivity contribution in [3.8, 4) is 0 Å². The molecule has 1 spiro atoms. The van der Waals surface area contributed by atoms with Gasteiger partial charge in [0.2, 0.25) is 5.91 Å². The van der Waals surface area contributed by atoms with Crippen molar-refractivity contribution in [2.45, 2.75) is 37.3 Å². The van der Waals surface area contributed by atoms with Crippen molar-refractivity contribution < 1.29 is 19.4 Å². The van der Waals surface area contributed by atoms with Gasteiger partial charge in [0.25, 0.3) is 0 Å². The normalized spacial score (nSPS) is 26.2. The molecule has 1 unspecified atom stereocenters. The lowest BCUT2D eigenvalue weighted by Gasteiger charge is -2.37. The lowest BCUT2D eigenvalue weighted by atomic mass is 9.91. The first-order valence-corrected chi connectivity index (χ1v) is 9.68. The summed E-state index contributed by atoms with van der Waals surface area (Å²) >= 11 is 0. The summed E-state index contributed by atoms with van der Waals surface area (Å²) in [7, 11) is 4.26. The smallest absolute Gasteiger partial charge is 0.410 e. The number of carbonyl (C=O) groups excluding carboxylic acids is 2. The summed E-state index contributed by atoms with van der Waals surface area (Å²) in [6.07, 6.45) is 3.25. The summed E-state index contributed by atoms with van der Waals surface area (Å²) in [4.78, 5) is 32.1. The summed E-state index contributed by atoms with van der Waals surface area (Å²) in [6.45, 7) is 5.22. The molecule has 0 aromatic carbocycles. The zero-order chi connectivity index (χ0) is 18.7. The molecule has 148 valence electrons. The predicted octanol–water partition coefficient (Wildman–Crippen LogP) is -0.182. The third-order valence-electron chi connectivity index (χ3n) is 6.08.